The number of rotatable bonds is 3. The number of carbonyl (C=O) groups is 1. The summed E-state index contributed by atoms with van der Waals surface area (Å²) in [6.07, 6.45) is 0. The van der Waals surface area contributed by atoms with E-state index in [2.05, 4.69) is 0 Å². The molecular formula is C10H9Cl2NO4S2. The second-order valence-corrected chi connectivity index (χ2v) is 7.61. The van der Waals surface area contributed by atoms with Crippen LogP contribution in [0.3, 0.4) is 0 Å². The molecule has 1 aromatic rings. The highest BCUT2D eigenvalue weighted by Gasteiger charge is 2.40. The minimum atomic E-state index is -3.92. The van der Waals surface area contributed by atoms with E-state index in [1.54, 1.807) is 0 Å². The van der Waals surface area contributed by atoms with Crippen LogP contribution in [0.1, 0.15) is 0 Å². The quantitative estimate of drug-likeness (QED) is 0.911. The summed E-state index contributed by atoms with van der Waals surface area (Å²) in [5.41, 5.74) is 0. The van der Waals surface area contributed by atoms with E-state index < -0.39 is 22.0 Å². The number of hydrogen-bond donors (Lipinski definition) is 1. The van der Waals surface area contributed by atoms with E-state index in [1.165, 1.54) is 30.0 Å². The lowest BCUT2D eigenvalue weighted by molar-refractivity contribution is -0.140. The number of halogens is 2. The van der Waals surface area contributed by atoms with Gasteiger partial charge in [-0.15, -0.1) is 11.8 Å². The van der Waals surface area contributed by atoms with Gasteiger partial charge in [0.2, 0.25) is 10.0 Å². The van der Waals surface area contributed by atoms with E-state index in [1.807, 2.05) is 0 Å². The second kappa shape index (κ2) is 5.49. The van der Waals surface area contributed by atoms with Crippen LogP contribution in [0.2, 0.25) is 10.0 Å². The van der Waals surface area contributed by atoms with E-state index in [-0.39, 0.29) is 26.6 Å². The number of nitrogens with zero attached hydrogens (tertiary/aromatic N) is 1. The summed E-state index contributed by atoms with van der Waals surface area (Å²) in [6, 6.07) is 2.86. The lowest BCUT2D eigenvalue weighted by Gasteiger charge is -2.20. The zero-order chi connectivity index (χ0) is 14.2. The predicted molar refractivity (Wildman–Crippen MR) is 74.2 cm³/mol. The lowest BCUT2D eigenvalue weighted by Crippen LogP contribution is -2.41. The fourth-order valence-electron chi connectivity index (χ4n) is 1.67. The maximum Gasteiger partial charge on any atom is 0.322 e. The Balaban J connectivity index is 2.44. The molecule has 1 unspecified atom stereocenters. The van der Waals surface area contributed by atoms with Crippen LogP contribution in [0.5, 0.6) is 0 Å². The van der Waals surface area contributed by atoms with Crippen LogP contribution in [0, 0.1) is 0 Å². The highest BCUT2D eigenvalue weighted by atomic mass is 35.5. The van der Waals surface area contributed by atoms with E-state index in [0.717, 1.165) is 4.31 Å². The molecule has 0 aromatic heterocycles. The van der Waals surface area contributed by atoms with Crippen molar-refractivity contribution in [2.24, 2.45) is 0 Å². The molecule has 1 aromatic carbocycles. The first-order valence-electron chi connectivity index (χ1n) is 5.11. The van der Waals surface area contributed by atoms with Gasteiger partial charge in [0.15, 0.2) is 0 Å². The molecule has 0 aliphatic carbocycles. The van der Waals surface area contributed by atoms with E-state index in [4.69, 9.17) is 28.3 Å². The maximum atomic E-state index is 12.4. The van der Waals surface area contributed by atoms with Crippen molar-refractivity contribution in [1.29, 1.82) is 0 Å². The van der Waals surface area contributed by atoms with Gasteiger partial charge in [-0.25, -0.2) is 8.42 Å². The molecule has 1 N–H and O–H groups in total. The maximum absolute atomic E-state index is 12.4. The van der Waals surface area contributed by atoms with Gasteiger partial charge in [0.25, 0.3) is 0 Å². The summed E-state index contributed by atoms with van der Waals surface area (Å²) >= 11 is 12.8. The number of carboxylic acid groups (broad SMARTS) is 1. The molecule has 0 amide bonds. The number of carboxylic acids is 1. The molecule has 104 valence electrons. The van der Waals surface area contributed by atoms with Crippen LogP contribution in [0.4, 0.5) is 0 Å². The molecule has 0 bridgehead atoms. The molecule has 2 rings (SSSR count). The zero-order valence-electron chi connectivity index (χ0n) is 9.42. The molecule has 1 atom stereocenters. The largest absolute Gasteiger partial charge is 0.480 e. The van der Waals surface area contributed by atoms with Crippen LogP contribution in [0.25, 0.3) is 0 Å². The van der Waals surface area contributed by atoms with Gasteiger partial charge >= 0.3 is 5.97 Å². The first-order valence-corrected chi connectivity index (χ1v) is 8.46. The third-order valence-electron chi connectivity index (χ3n) is 2.57. The second-order valence-electron chi connectivity index (χ2n) is 3.85. The van der Waals surface area contributed by atoms with Crippen LogP contribution >= 0.6 is 35.0 Å². The Morgan fingerprint density at radius 1 is 1.32 bits per heavy atom. The SMILES string of the molecule is O=C(O)C1CSCN1S(=O)(=O)c1cc(Cl)cc(Cl)c1. The number of aliphatic carboxylic acids is 1. The summed E-state index contributed by atoms with van der Waals surface area (Å²) in [4.78, 5) is 11.0. The third-order valence-corrected chi connectivity index (χ3v) is 6.01. The monoisotopic (exact) mass is 341 g/mol. The van der Waals surface area contributed by atoms with Gasteiger partial charge in [0.05, 0.1) is 10.8 Å². The Morgan fingerprint density at radius 3 is 2.42 bits per heavy atom. The molecule has 1 aliphatic rings. The fraction of sp³-hybridized carbons (Fsp3) is 0.300. The highest BCUT2D eigenvalue weighted by molar-refractivity contribution is 8.00. The zero-order valence-corrected chi connectivity index (χ0v) is 12.6. The summed E-state index contributed by atoms with van der Waals surface area (Å²) < 4.78 is 25.7. The number of benzene rings is 1. The Kier molecular flexibility index (Phi) is 4.32. The molecule has 1 saturated heterocycles. The van der Waals surface area contributed by atoms with Crippen molar-refractivity contribution in [3.8, 4) is 0 Å². The molecule has 0 saturated carbocycles. The normalized spacial score (nSPS) is 20.6. The summed E-state index contributed by atoms with van der Waals surface area (Å²) in [5.74, 6) is -0.839. The van der Waals surface area contributed by atoms with Gasteiger partial charge in [-0.05, 0) is 18.2 Å². The van der Waals surface area contributed by atoms with Crippen molar-refractivity contribution >= 4 is 51.0 Å². The number of thioether (sulfide) groups is 1. The molecule has 9 heteroatoms. The first kappa shape index (κ1) is 14.9. The standard InChI is InChI=1S/C10H9Cl2NO4S2/c11-6-1-7(12)3-8(2-6)19(16,17)13-5-18-4-9(13)10(14)15/h1-3,9H,4-5H2,(H,14,15). The average molecular weight is 342 g/mol. The van der Waals surface area contributed by atoms with Crippen molar-refractivity contribution in [2.75, 3.05) is 11.6 Å². The molecule has 1 heterocycles. The Labute approximate surface area is 124 Å². The lowest BCUT2D eigenvalue weighted by atomic mass is 10.3. The fourth-order valence-corrected chi connectivity index (χ4v) is 5.53. The molecule has 0 spiro atoms. The molecule has 19 heavy (non-hydrogen) atoms. The van der Waals surface area contributed by atoms with Crippen molar-refractivity contribution in [3.63, 3.8) is 0 Å². The Morgan fingerprint density at radius 2 is 1.89 bits per heavy atom. The van der Waals surface area contributed by atoms with Crippen LogP contribution in [-0.2, 0) is 14.8 Å². The van der Waals surface area contributed by atoms with Gasteiger partial charge in [-0.1, -0.05) is 23.2 Å². The van der Waals surface area contributed by atoms with Crippen molar-refractivity contribution in [1.82, 2.24) is 4.31 Å². The van der Waals surface area contributed by atoms with E-state index in [9.17, 15) is 13.2 Å². The van der Waals surface area contributed by atoms with Gasteiger partial charge in [0, 0.05) is 15.8 Å². The van der Waals surface area contributed by atoms with Gasteiger partial charge in [-0.3, -0.25) is 4.79 Å². The average Bonchev–Trinajstić information content (AvgIpc) is 2.76. The highest BCUT2D eigenvalue weighted by Crippen LogP contribution is 2.31. The molecule has 5 nitrogen and oxygen atoms in total. The minimum Gasteiger partial charge on any atom is -0.480 e. The molecule has 1 aliphatic heterocycles. The smallest absolute Gasteiger partial charge is 0.322 e. The summed E-state index contributed by atoms with van der Waals surface area (Å²) in [6.45, 7) is 0. The Hall–Kier alpha value is -0.470. The number of hydrogen-bond acceptors (Lipinski definition) is 4. The molecule has 0 radical (unpaired) electrons. The van der Waals surface area contributed by atoms with Gasteiger partial charge in [-0.2, -0.15) is 4.31 Å². The molecule has 1 fully saturated rings. The summed E-state index contributed by atoms with van der Waals surface area (Å²) in [5, 5.41) is 9.40. The van der Waals surface area contributed by atoms with Crippen molar-refractivity contribution < 1.29 is 18.3 Å². The van der Waals surface area contributed by atoms with Crippen molar-refractivity contribution in [3.05, 3.63) is 28.2 Å². The van der Waals surface area contributed by atoms with Crippen LogP contribution in [0.15, 0.2) is 23.1 Å². The van der Waals surface area contributed by atoms with Gasteiger partial charge < -0.3 is 5.11 Å². The van der Waals surface area contributed by atoms with Gasteiger partial charge in [0.1, 0.15) is 6.04 Å². The first-order chi connectivity index (χ1) is 8.82. The van der Waals surface area contributed by atoms with Crippen molar-refractivity contribution in [2.45, 2.75) is 10.9 Å². The topological polar surface area (TPSA) is 74.7 Å². The van der Waals surface area contributed by atoms with Crippen LogP contribution in [-0.4, -0.2) is 41.5 Å². The number of sulfonamides is 1. The third kappa shape index (κ3) is 3.00. The van der Waals surface area contributed by atoms with E-state index in [0.29, 0.717) is 0 Å². The molecular weight excluding hydrogens is 333 g/mol. The van der Waals surface area contributed by atoms with Crippen LogP contribution < -0.4 is 0 Å². The predicted octanol–water partition coefficient (Wildman–Crippen LogP) is 2.14. The summed E-state index contributed by atoms with van der Waals surface area (Å²) in [7, 11) is -3.92. The van der Waals surface area contributed by atoms with E-state index >= 15 is 0 Å². The Bertz CT molecular complexity index is 600. The minimum absolute atomic E-state index is 0.0984.